The van der Waals surface area contributed by atoms with Crippen molar-refractivity contribution in [1.29, 1.82) is 0 Å². The van der Waals surface area contributed by atoms with Gasteiger partial charge in [-0.05, 0) is 51.0 Å². The predicted molar refractivity (Wildman–Crippen MR) is 116 cm³/mol. The number of nitrogens with one attached hydrogen (secondary N) is 2. The molecule has 1 aliphatic heterocycles. The fraction of sp³-hybridized carbons (Fsp3) is 0.333. The molecule has 1 aromatic carbocycles. The summed E-state index contributed by atoms with van der Waals surface area (Å²) in [5.74, 6) is -0.175. The third kappa shape index (κ3) is 4.94. The Balaban J connectivity index is 1.97. The molecule has 2 heterocycles. The van der Waals surface area contributed by atoms with Crippen LogP contribution < -0.4 is 10.6 Å². The van der Waals surface area contributed by atoms with Crippen molar-refractivity contribution in [2.75, 3.05) is 12.4 Å². The van der Waals surface area contributed by atoms with Crippen LogP contribution in [0.2, 0.25) is 5.02 Å². The maximum Gasteiger partial charge on any atom is 0.338 e. The molecule has 2 aromatic rings. The molecule has 1 aliphatic rings. The zero-order chi connectivity index (χ0) is 21.8. The monoisotopic (exact) mass is 446 g/mol. The van der Waals surface area contributed by atoms with E-state index in [4.69, 9.17) is 16.3 Å². The van der Waals surface area contributed by atoms with Gasteiger partial charge in [-0.25, -0.2) is 19.6 Å². The Labute approximate surface area is 184 Å². The van der Waals surface area contributed by atoms with Crippen LogP contribution >= 0.6 is 23.4 Å². The molecule has 0 aliphatic carbocycles. The molecule has 9 heteroatoms. The lowest BCUT2D eigenvalue weighted by Crippen LogP contribution is -2.46. The fourth-order valence-electron chi connectivity index (χ4n) is 3.03. The maximum atomic E-state index is 12.8. The summed E-state index contributed by atoms with van der Waals surface area (Å²) in [7, 11) is 0. The van der Waals surface area contributed by atoms with Crippen molar-refractivity contribution in [2.45, 2.75) is 38.9 Å². The molecule has 3 rings (SSSR count). The molecule has 0 saturated heterocycles. The molecule has 2 N–H and O–H groups in total. The van der Waals surface area contributed by atoms with Crippen LogP contribution in [0.4, 0.5) is 4.79 Å². The highest BCUT2D eigenvalue weighted by Crippen LogP contribution is 2.31. The molecular weight excluding hydrogens is 424 g/mol. The molecule has 1 aromatic heterocycles. The van der Waals surface area contributed by atoms with E-state index in [-0.39, 0.29) is 6.61 Å². The number of thioether (sulfide) groups is 1. The van der Waals surface area contributed by atoms with Crippen LogP contribution in [0.25, 0.3) is 0 Å². The lowest BCUT2D eigenvalue weighted by Gasteiger charge is -2.29. The minimum atomic E-state index is -0.645. The first kappa shape index (κ1) is 22.1. The summed E-state index contributed by atoms with van der Waals surface area (Å²) in [6.07, 6.45) is 0. The van der Waals surface area contributed by atoms with Crippen molar-refractivity contribution < 1.29 is 14.3 Å². The Morgan fingerprint density at radius 3 is 2.40 bits per heavy atom. The number of ether oxygens (including phenoxy) is 1. The summed E-state index contributed by atoms with van der Waals surface area (Å²) in [5.41, 5.74) is 4.41. The van der Waals surface area contributed by atoms with Crippen molar-refractivity contribution in [3.8, 4) is 0 Å². The van der Waals surface area contributed by atoms with Crippen LogP contribution in [0, 0.1) is 20.8 Å². The Bertz CT molecular complexity index is 985. The van der Waals surface area contributed by atoms with Crippen molar-refractivity contribution in [3.05, 3.63) is 63.1 Å². The standard InChI is InChI=1S/C21H23ClN4O3S/c1-5-29-19(27)17-16(10-30-21-23-12(3)11(2)13(4)24-21)25-20(28)26-18(17)14-6-8-15(22)9-7-14/h6-9,18H,5,10H2,1-4H3,(H2,25,26,28). The van der Waals surface area contributed by atoms with E-state index in [1.54, 1.807) is 31.2 Å². The molecule has 0 fully saturated rings. The van der Waals surface area contributed by atoms with Crippen molar-refractivity contribution >= 4 is 35.4 Å². The van der Waals surface area contributed by atoms with E-state index in [1.807, 2.05) is 20.8 Å². The van der Waals surface area contributed by atoms with Gasteiger partial charge in [-0.2, -0.15) is 0 Å². The highest BCUT2D eigenvalue weighted by molar-refractivity contribution is 7.99. The van der Waals surface area contributed by atoms with Gasteiger partial charge in [-0.3, -0.25) is 0 Å². The SMILES string of the molecule is CCOC(=O)C1=C(CSc2nc(C)c(C)c(C)n2)NC(=O)NC1c1ccc(Cl)cc1. The molecule has 0 bridgehead atoms. The fourth-order valence-corrected chi connectivity index (χ4v) is 4.06. The highest BCUT2D eigenvalue weighted by atomic mass is 35.5. The van der Waals surface area contributed by atoms with Gasteiger partial charge in [0.15, 0.2) is 5.16 Å². The van der Waals surface area contributed by atoms with E-state index in [0.29, 0.717) is 27.2 Å². The van der Waals surface area contributed by atoms with Gasteiger partial charge in [0.2, 0.25) is 0 Å². The summed E-state index contributed by atoms with van der Waals surface area (Å²) in [5, 5.41) is 6.71. The Hall–Kier alpha value is -2.58. The molecule has 0 saturated carbocycles. The van der Waals surface area contributed by atoms with E-state index in [9.17, 15) is 9.59 Å². The van der Waals surface area contributed by atoms with Crippen LogP contribution in [0.3, 0.4) is 0 Å². The van der Waals surface area contributed by atoms with Gasteiger partial charge in [0.1, 0.15) is 0 Å². The smallest absolute Gasteiger partial charge is 0.338 e. The van der Waals surface area contributed by atoms with Crippen molar-refractivity contribution in [1.82, 2.24) is 20.6 Å². The number of hydrogen-bond donors (Lipinski definition) is 2. The van der Waals surface area contributed by atoms with Gasteiger partial charge in [0, 0.05) is 27.9 Å². The predicted octanol–water partition coefficient (Wildman–Crippen LogP) is 4.02. The molecule has 0 radical (unpaired) electrons. The van der Waals surface area contributed by atoms with Gasteiger partial charge < -0.3 is 15.4 Å². The van der Waals surface area contributed by atoms with Crippen molar-refractivity contribution in [3.63, 3.8) is 0 Å². The lowest BCUT2D eigenvalue weighted by molar-refractivity contribution is -0.139. The summed E-state index contributed by atoms with van der Waals surface area (Å²) in [6, 6.07) is 5.95. The molecular formula is C21H23ClN4O3S. The van der Waals surface area contributed by atoms with Gasteiger partial charge in [-0.1, -0.05) is 35.5 Å². The molecule has 2 amide bonds. The number of halogens is 1. The Morgan fingerprint density at radius 1 is 1.17 bits per heavy atom. The molecule has 158 valence electrons. The number of aromatic nitrogens is 2. The third-order valence-corrected chi connectivity index (χ3v) is 5.94. The minimum absolute atomic E-state index is 0.226. The normalized spacial score (nSPS) is 16.2. The van der Waals surface area contributed by atoms with E-state index in [2.05, 4.69) is 20.6 Å². The highest BCUT2D eigenvalue weighted by Gasteiger charge is 2.33. The molecule has 1 unspecified atom stereocenters. The number of amides is 2. The number of hydrogen-bond acceptors (Lipinski definition) is 6. The zero-order valence-electron chi connectivity index (χ0n) is 17.2. The molecule has 1 atom stereocenters. The first-order valence-electron chi connectivity index (χ1n) is 9.48. The quantitative estimate of drug-likeness (QED) is 0.395. The van der Waals surface area contributed by atoms with Gasteiger partial charge in [-0.15, -0.1) is 0 Å². The third-order valence-electron chi connectivity index (χ3n) is 4.81. The summed E-state index contributed by atoms with van der Waals surface area (Å²) in [4.78, 5) is 34.1. The molecule has 7 nitrogen and oxygen atoms in total. The Kier molecular flexibility index (Phi) is 6.99. The first-order valence-corrected chi connectivity index (χ1v) is 10.8. The second-order valence-corrected chi connectivity index (χ2v) is 8.17. The first-order chi connectivity index (χ1) is 14.3. The second-order valence-electron chi connectivity index (χ2n) is 6.79. The molecule has 0 spiro atoms. The van der Waals surface area contributed by atoms with E-state index < -0.39 is 18.0 Å². The number of carbonyl (C=O) groups excluding carboxylic acids is 2. The molecule has 30 heavy (non-hydrogen) atoms. The number of nitrogens with zero attached hydrogens (tertiary/aromatic N) is 2. The summed E-state index contributed by atoms with van der Waals surface area (Å²) >= 11 is 7.34. The van der Waals surface area contributed by atoms with Crippen LogP contribution in [0.5, 0.6) is 0 Å². The average molecular weight is 447 g/mol. The number of urea groups is 1. The average Bonchev–Trinajstić information content (AvgIpc) is 2.70. The van der Waals surface area contributed by atoms with Crippen LogP contribution in [0.15, 0.2) is 40.7 Å². The van der Waals surface area contributed by atoms with Crippen LogP contribution in [-0.4, -0.2) is 34.3 Å². The number of rotatable bonds is 6. The van der Waals surface area contributed by atoms with Crippen LogP contribution in [-0.2, 0) is 9.53 Å². The van der Waals surface area contributed by atoms with Gasteiger partial charge >= 0.3 is 12.0 Å². The van der Waals surface area contributed by atoms with E-state index >= 15 is 0 Å². The van der Waals surface area contributed by atoms with Gasteiger partial charge in [0.05, 0.1) is 18.2 Å². The number of esters is 1. The number of carbonyl (C=O) groups is 2. The minimum Gasteiger partial charge on any atom is -0.463 e. The van der Waals surface area contributed by atoms with E-state index in [0.717, 1.165) is 22.5 Å². The van der Waals surface area contributed by atoms with E-state index in [1.165, 1.54) is 11.8 Å². The summed E-state index contributed by atoms with van der Waals surface area (Å²) < 4.78 is 5.27. The lowest BCUT2D eigenvalue weighted by atomic mass is 9.95. The zero-order valence-corrected chi connectivity index (χ0v) is 18.8. The number of aryl methyl sites for hydroxylation is 2. The Morgan fingerprint density at radius 2 is 1.80 bits per heavy atom. The number of benzene rings is 1. The maximum absolute atomic E-state index is 12.8. The summed E-state index contributed by atoms with van der Waals surface area (Å²) in [6.45, 7) is 7.80. The van der Waals surface area contributed by atoms with Crippen molar-refractivity contribution in [2.24, 2.45) is 0 Å². The van der Waals surface area contributed by atoms with Gasteiger partial charge in [0.25, 0.3) is 0 Å². The topological polar surface area (TPSA) is 93.2 Å². The van der Waals surface area contributed by atoms with Crippen LogP contribution in [0.1, 0.15) is 35.5 Å². The largest absolute Gasteiger partial charge is 0.463 e. The second kappa shape index (κ2) is 9.49.